The van der Waals surface area contributed by atoms with Gasteiger partial charge in [-0.05, 0) is 120 Å². The second-order valence-corrected chi connectivity index (χ2v) is 17.9. The zero-order valence-electron chi connectivity index (χ0n) is 36.7. The molecule has 0 amide bonds. The first-order valence-electron chi connectivity index (χ1n) is 23.2. The van der Waals surface area contributed by atoms with Crippen molar-refractivity contribution >= 4 is 0 Å². The van der Waals surface area contributed by atoms with Gasteiger partial charge in [0, 0.05) is 28.5 Å². The standard InChI is InChI=1S/C64H43N3/c1-5-19-42(20-6-1)47-35-48(43-21-7-2-8-22-43)38-51(37-47)62-65-61(66-63(67-62)52-39-49(44-23-9-3-10-24-44)36-50(40-52)45-25-11-4-12-26-45)46-33-34-56-55-29-15-18-32-59(55)64(60(56)41-46)57-30-16-13-27-53(57)54-28-14-17-31-58(54)64/h1-41,53,57H. The summed E-state index contributed by atoms with van der Waals surface area (Å²) in [5, 5.41) is 0. The SMILES string of the molecule is C1=CC2c3ccccc3C3(c4ccccc4-c4ccc(-c5nc(-c6cc(-c7ccccc7)cc(-c7ccccc7)c6)nc(-c6cc(-c7ccccc7)cc(-c7ccccc7)c6)n5)cc43)C2C=C1. The van der Waals surface area contributed by atoms with E-state index in [-0.39, 0.29) is 17.3 Å². The van der Waals surface area contributed by atoms with Crippen LogP contribution in [0.25, 0.3) is 89.8 Å². The maximum absolute atomic E-state index is 5.50. The van der Waals surface area contributed by atoms with Crippen molar-refractivity contribution in [3.8, 4) is 89.8 Å². The Morgan fingerprint density at radius 1 is 0.284 bits per heavy atom. The molecule has 0 saturated heterocycles. The third kappa shape index (κ3) is 6.46. The fourth-order valence-corrected chi connectivity index (χ4v) is 11.2. The number of allylic oxidation sites excluding steroid dienone is 4. The van der Waals surface area contributed by atoms with E-state index in [2.05, 4.69) is 249 Å². The number of hydrogen-bond acceptors (Lipinski definition) is 3. The van der Waals surface area contributed by atoms with Crippen LogP contribution < -0.4 is 0 Å². The van der Waals surface area contributed by atoms with E-state index in [0.29, 0.717) is 17.5 Å². The molecule has 0 N–H and O–H groups in total. The predicted molar refractivity (Wildman–Crippen MR) is 274 cm³/mol. The van der Waals surface area contributed by atoms with Crippen LogP contribution in [0.2, 0.25) is 0 Å². The van der Waals surface area contributed by atoms with E-state index in [9.17, 15) is 0 Å². The lowest BCUT2D eigenvalue weighted by Gasteiger charge is -2.36. The van der Waals surface area contributed by atoms with Crippen molar-refractivity contribution in [2.24, 2.45) is 5.92 Å². The number of nitrogens with zero attached hydrogens (tertiary/aromatic N) is 3. The molecule has 1 spiro atoms. The summed E-state index contributed by atoms with van der Waals surface area (Å²) in [6.07, 6.45) is 9.30. The molecule has 3 unspecified atom stereocenters. The van der Waals surface area contributed by atoms with Gasteiger partial charge in [-0.3, -0.25) is 0 Å². The number of rotatable bonds is 7. The number of benzene rings is 9. The van der Waals surface area contributed by atoms with Gasteiger partial charge in [-0.25, -0.2) is 15.0 Å². The first-order chi connectivity index (χ1) is 33.2. The van der Waals surface area contributed by atoms with Crippen molar-refractivity contribution in [1.82, 2.24) is 15.0 Å². The molecule has 67 heavy (non-hydrogen) atoms. The number of aromatic nitrogens is 3. The van der Waals surface area contributed by atoms with Gasteiger partial charge in [-0.1, -0.05) is 206 Å². The van der Waals surface area contributed by atoms with Crippen LogP contribution in [0, 0.1) is 5.92 Å². The Bertz CT molecular complexity index is 3320. The van der Waals surface area contributed by atoms with Gasteiger partial charge in [-0.2, -0.15) is 0 Å². The summed E-state index contributed by atoms with van der Waals surface area (Å²) < 4.78 is 0. The van der Waals surface area contributed by atoms with E-state index >= 15 is 0 Å². The van der Waals surface area contributed by atoms with Gasteiger partial charge in [0.2, 0.25) is 0 Å². The average Bonchev–Trinajstić information content (AvgIpc) is 3.88. The van der Waals surface area contributed by atoms with E-state index in [4.69, 9.17) is 15.0 Å². The average molecular weight is 854 g/mol. The van der Waals surface area contributed by atoms with Crippen LogP contribution in [0.15, 0.2) is 249 Å². The molecule has 0 saturated carbocycles. The quantitative estimate of drug-likeness (QED) is 0.160. The van der Waals surface area contributed by atoms with Crippen LogP contribution in [-0.4, -0.2) is 15.0 Å². The van der Waals surface area contributed by atoms with Crippen LogP contribution in [0.4, 0.5) is 0 Å². The molecule has 3 aliphatic carbocycles. The van der Waals surface area contributed by atoms with Crippen LogP contribution in [0.3, 0.4) is 0 Å². The first kappa shape index (κ1) is 38.9. The van der Waals surface area contributed by atoms with Crippen LogP contribution in [-0.2, 0) is 5.41 Å². The minimum Gasteiger partial charge on any atom is -0.208 e. The summed E-state index contributed by atoms with van der Waals surface area (Å²) in [7, 11) is 0. The molecule has 314 valence electrons. The van der Waals surface area contributed by atoms with Crippen molar-refractivity contribution < 1.29 is 0 Å². The molecule has 13 rings (SSSR count). The Balaban J connectivity index is 1.07. The summed E-state index contributed by atoms with van der Waals surface area (Å²) >= 11 is 0. The summed E-state index contributed by atoms with van der Waals surface area (Å²) in [6.45, 7) is 0. The van der Waals surface area contributed by atoms with E-state index in [0.717, 1.165) is 61.2 Å². The largest absolute Gasteiger partial charge is 0.208 e. The number of hydrogen-bond donors (Lipinski definition) is 0. The Labute approximate surface area is 391 Å². The monoisotopic (exact) mass is 853 g/mol. The Morgan fingerprint density at radius 3 is 1.21 bits per heavy atom. The molecule has 3 atom stereocenters. The maximum atomic E-state index is 5.50. The molecule has 1 aromatic heterocycles. The zero-order chi connectivity index (χ0) is 44.3. The molecule has 9 aromatic carbocycles. The topological polar surface area (TPSA) is 38.7 Å². The molecule has 3 aliphatic rings. The van der Waals surface area contributed by atoms with Gasteiger partial charge in [0.1, 0.15) is 0 Å². The summed E-state index contributed by atoms with van der Waals surface area (Å²) in [6, 6.07) is 80.9. The fraction of sp³-hybridized carbons (Fsp3) is 0.0469. The van der Waals surface area contributed by atoms with Crippen molar-refractivity contribution in [2.45, 2.75) is 11.3 Å². The van der Waals surface area contributed by atoms with Gasteiger partial charge in [0.25, 0.3) is 0 Å². The van der Waals surface area contributed by atoms with Gasteiger partial charge < -0.3 is 0 Å². The molecular formula is C64H43N3. The van der Waals surface area contributed by atoms with E-state index in [1.165, 1.54) is 33.4 Å². The second kappa shape index (κ2) is 15.9. The highest BCUT2D eigenvalue weighted by Crippen LogP contribution is 2.65. The molecule has 0 aliphatic heterocycles. The molecule has 10 aromatic rings. The summed E-state index contributed by atoms with van der Waals surface area (Å²) in [5.41, 5.74) is 19.3. The third-order valence-electron chi connectivity index (χ3n) is 14.2. The lowest BCUT2D eigenvalue weighted by atomic mass is 9.65. The van der Waals surface area contributed by atoms with Crippen LogP contribution in [0.1, 0.15) is 28.2 Å². The van der Waals surface area contributed by atoms with Crippen molar-refractivity contribution in [1.29, 1.82) is 0 Å². The fourth-order valence-electron chi connectivity index (χ4n) is 11.2. The van der Waals surface area contributed by atoms with Crippen molar-refractivity contribution in [2.75, 3.05) is 0 Å². The molecule has 0 fully saturated rings. The van der Waals surface area contributed by atoms with Crippen molar-refractivity contribution in [3.63, 3.8) is 0 Å². The molecule has 3 heteroatoms. The Kier molecular flexibility index (Phi) is 9.21. The minimum atomic E-state index is -0.383. The van der Waals surface area contributed by atoms with E-state index in [1.807, 2.05) is 0 Å². The zero-order valence-corrected chi connectivity index (χ0v) is 36.7. The second-order valence-electron chi connectivity index (χ2n) is 17.9. The smallest absolute Gasteiger partial charge is 0.164 e. The van der Waals surface area contributed by atoms with Crippen molar-refractivity contribution in [3.05, 3.63) is 271 Å². The molecule has 0 radical (unpaired) electrons. The first-order valence-corrected chi connectivity index (χ1v) is 23.2. The van der Waals surface area contributed by atoms with Crippen LogP contribution in [0.5, 0.6) is 0 Å². The maximum Gasteiger partial charge on any atom is 0.164 e. The highest BCUT2D eigenvalue weighted by molar-refractivity contribution is 5.88. The summed E-state index contributed by atoms with van der Waals surface area (Å²) in [5.74, 6) is 2.35. The highest BCUT2D eigenvalue weighted by Gasteiger charge is 2.57. The number of fused-ring (bicyclic) bond motifs is 10. The minimum absolute atomic E-state index is 0.214. The van der Waals surface area contributed by atoms with Gasteiger partial charge in [0.15, 0.2) is 17.5 Å². The third-order valence-corrected chi connectivity index (χ3v) is 14.2. The van der Waals surface area contributed by atoms with Gasteiger partial charge in [0.05, 0.1) is 5.41 Å². The molecule has 0 bridgehead atoms. The molecule has 3 nitrogen and oxygen atoms in total. The molecular weight excluding hydrogens is 811 g/mol. The lowest BCUT2D eigenvalue weighted by Crippen LogP contribution is -2.33. The van der Waals surface area contributed by atoms with Gasteiger partial charge in [-0.15, -0.1) is 0 Å². The summed E-state index contributed by atoms with van der Waals surface area (Å²) in [4.78, 5) is 16.5. The highest BCUT2D eigenvalue weighted by atomic mass is 15.0. The van der Waals surface area contributed by atoms with E-state index in [1.54, 1.807) is 0 Å². The predicted octanol–water partition coefficient (Wildman–Crippen LogP) is 15.7. The lowest BCUT2D eigenvalue weighted by molar-refractivity contribution is 0.465. The molecule has 1 heterocycles. The Hall–Kier alpha value is -8.53. The normalized spacial score (nSPS) is 17.2. The van der Waals surface area contributed by atoms with Crippen LogP contribution >= 0.6 is 0 Å². The van der Waals surface area contributed by atoms with Gasteiger partial charge >= 0.3 is 0 Å². The van der Waals surface area contributed by atoms with E-state index < -0.39 is 0 Å². The Morgan fingerprint density at radius 2 is 0.687 bits per heavy atom.